The number of carbonyl (C=O) groups excluding carboxylic acids is 2. The lowest BCUT2D eigenvalue weighted by Crippen LogP contribution is -2.55. The molecule has 2 rings (SSSR count). The first-order valence-electron chi connectivity index (χ1n) is 8.54. The highest BCUT2D eigenvalue weighted by molar-refractivity contribution is 6.01. The molecule has 138 valence electrons. The predicted molar refractivity (Wildman–Crippen MR) is 96.1 cm³/mol. The van der Waals surface area contributed by atoms with Gasteiger partial charge in [0.1, 0.15) is 5.54 Å². The zero-order valence-electron chi connectivity index (χ0n) is 15.1. The van der Waals surface area contributed by atoms with Gasteiger partial charge in [0, 0.05) is 24.7 Å². The van der Waals surface area contributed by atoms with E-state index in [-0.39, 0.29) is 11.8 Å². The van der Waals surface area contributed by atoms with Gasteiger partial charge in [-0.25, -0.2) is 0 Å². The van der Waals surface area contributed by atoms with Gasteiger partial charge in [0.15, 0.2) is 11.5 Å². The summed E-state index contributed by atoms with van der Waals surface area (Å²) < 4.78 is 10.5. The van der Waals surface area contributed by atoms with Crippen LogP contribution in [-0.4, -0.2) is 45.2 Å². The van der Waals surface area contributed by atoms with Crippen molar-refractivity contribution in [3.05, 3.63) is 18.2 Å². The third-order valence-electron chi connectivity index (χ3n) is 4.51. The lowest BCUT2D eigenvalue weighted by Gasteiger charge is -2.29. The highest BCUT2D eigenvalue weighted by Crippen LogP contribution is 2.33. The minimum Gasteiger partial charge on any atom is -0.493 e. The SMILES string of the molecule is CNCCC(=O)NC1(C(=O)Nc2ccc(OC)c(OC)c2)CCCC1. The monoisotopic (exact) mass is 349 g/mol. The van der Waals surface area contributed by atoms with Gasteiger partial charge in [-0.1, -0.05) is 12.8 Å². The van der Waals surface area contributed by atoms with E-state index in [1.165, 1.54) is 0 Å². The van der Waals surface area contributed by atoms with Crippen molar-refractivity contribution in [1.82, 2.24) is 10.6 Å². The van der Waals surface area contributed by atoms with E-state index >= 15 is 0 Å². The second-order valence-corrected chi connectivity index (χ2v) is 6.21. The highest BCUT2D eigenvalue weighted by Gasteiger charge is 2.42. The van der Waals surface area contributed by atoms with Crippen molar-refractivity contribution < 1.29 is 19.1 Å². The predicted octanol–water partition coefficient (Wildman–Crippen LogP) is 1.68. The van der Waals surface area contributed by atoms with E-state index in [9.17, 15) is 9.59 Å². The molecule has 1 aliphatic carbocycles. The first-order chi connectivity index (χ1) is 12.0. The molecule has 7 heteroatoms. The van der Waals surface area contributed by atoms with Gasteiger partial charge in [0.2, 0.25) is 11.8 Å². The Bertz CT molecular complexity index is 612. The van der Waals surface area contributed by atoms with E-state index in [1.807, 2.05) is 0 Å². The fourth-order valence-corrected chi connectivity index (χ4v) is 3.12. The van der Waals surface area contributed by atoms with Gasteiger partial charge in [0.05, 0.1) is 14.2 Å². The second kappa shape index (κ2) is 8.71. The van der Waals surface area contributed by atoms with Crippen LogP contribution in [0.25, 0.3) is 0 Å². The zero-order chi connectivity index (χ0) is 18.3. The van der Waals surface area contributed by atoms with Gasteiger partial charge in [0.25, 0.3) is 0 Å². The van der Waals surface area contributed by atoms with Crippen molar-refractivity contribution >= 4 is 17.5 Å². The van der Waals surface area contributed by atoms with Gasteiger partial charge < -0.3 is 25.4 Å². The lowest BCUT2D eigenvalue weighted by atomic mass is 9.95. The third kappa shape index (κ3) is 4.63. The van der Waals surface area contributed by atoms with Crippen molar-refractivity contribution in [3.8, 4) is 11.5 Å². The molecule has 2 amide bonds. The number of rotatable bonds is 8. The third-order valence-corrected chi connectivity index (χ3v) is 4.51. The van der Waals surface area contributed by atoms with Crippen LogP contribution in [0.5, 0.6) is 11.5 Å². The molecule has 3 N–H and O–H groups in total. The summed E-state index contributed by atoms with van der Waals surface area (Å²) in [6.45, 7) is 0.583. The van der Waals surface area contributed by atoms with Crippen LogP contribution in [-0.2, 0) is 9.59 Å². The van der Waals surface area contributed by atoms with E-state index < -0.39 is 5.54 Å². The quantitative estimate of drug-likeness (QED) is 0.664. The number of hydrogen-bond acceptors (Lipinski definition) is 5. The maximum absolute atomic E-state index is 12.9. The molecular formula is C18H27N3O4. The fraction of sp³-hybridized carbons (Fsp3) is 0.556. The van der Waals surface area contributed by atoms with Crippen molar-refractivity contribution in [2.24, 2.45) is 0 Å². The Morgan fingerprint density at radius 1 is 1.12 bits per heavy atom. The Hall–Kier alpha value is -2.28. The van der Waals surface area contributed by atoms with Gasteiger partial charge in [-0.15, -0.1) is 0 Å². The Kier molecular flexibility index (Phi) is 6.64. The molecule has 0 radical (unpaired) electrons. The maximum Gasteiger partial charge on any atom is 0.250 e. The Balaban J connectivity index is 2.11. The minimum absolute atomic E-state index is 0.112. The van der Waals surface area contributed by atoms with Gasteiger partial charge >= 0.3 is 0 Å². The van der Waals surface area contributed by atoms with Gasteiger partial charge in [-0.2, -0.15) is 0 Å². The summed E-state index contributed by atoms with van der Waals surface area (Å²) in [6, 6.07) is 5.20. The molecule has 0 atom stereocenters. The number of hydrogen-bond donors (Lipinski definition) is 3. The summed E-state index contributed by atoms with van der Waals surface area (Å²) in [4.78, 5) is 25.0. The summed E-state index contributed by atoms with van der Waals surface area (Å²) in [7, 11) is 4.90. The summed E-state index contributed by atoms with van der Waals surface area (Å²) in [5.74, 6) is 0.837. The average molecular weight is 349 g/mol. The molecule has 25 heavy (non-hydrogen) atoms. The number of benzene rings is 1. The van der Waals surface area contributed by atoms with Crippen LogP contribution >= 0.6 is 0 Å². The van der Waals surface area contributed by atoms with Crippen LogP contribution in [0.3, 0.4) is 0 Å². The molecular weight excluding hydrogens is 322 g/mol. The normalized spacial score (nSPS) is 15.5. The number of methoxy groups -OCH3 is 2. The number of anilines is 1. The van der Waals surface area contributed by atoms with Crippen LogP contribution < -0.4 is 25.4 Å². The van der Waals surface area contributed by atoms with E-state index in [0.29, 0.717) is 43.0 Å². The van der Waals surface area contributed by atoms with Crippen molar-refractivity contribution in [3.63, 3.8) is 0 Å². The molecule has 7 nitrogen and oxygen atoms in total. The average Bonchev–Trinajstić information content (AvgIpc) is 3.09. The molecule has 1 aromatic rings. The highest BCUT2D eigenvalue weighted by atomic mass is 16.5. The number of carbonyl (C=O) groups is 2. The van der Waals surface area contributed by atoms with E-state index in [4.69, 9.17) is 9.47 Å². The first-order valence-corrected chi connectivity index (χ1v) is 8.54. The molecule has 1 aliphatic rings. The number of amides is 2. The molecule has 0 saturated heterocycles. The molecule has 0 heterocycles. The Morgan fingerprint density at radius 3 is 2.40 bits per heavy atom. The molecule has 0 bridgehead atoms. The van der Waals surface area contributed by atoms with Crippen LogP contribution in [0.15, 0.2) is 18.2 Å². The Morgan fingerprint density at radius 2 is 1.80 bits per heavy atom. The van der Waals surface area contributed by atoms with Crippen molar-refractivity contribution in [2.45, 2.75) is 37.6 Å². The lowest BCUT2D eigenvalue weighted by molar-refractivity contribution is -0.130. The van der Waals surface area contributed by atoms with E-state index in [0.717, 1.165) is 12.8 Å². The van der Waals surface area contributed by atoms with E-state index in [2.05, 4.69) is 16.0 Å². The second-order valence-electron chi connectivity index (χ2n) is 6.21. The topological polar surface area (TPSA) is 88.7 Å². The number of ether oxygens (including phenoxy) is 2. The summed E-state index contributed by atoms with van der Waals surface area (Å²) in [5, 5.41) is 8.80. The van der Waals surface area contributed by atoms with Crippen molar-refractivity contribution in [2.75, 3.05) is 33.1 Å². The molecule has 1 aromatic carbocycles. The largest absolute Gasteiger partial charge is 0.493 e. The van der Waals surface area contributed by atoms with Crippen molar-refractivity contribution in [1.29, 1.82) is 0 Å². The van der Waals surface area contributed by atoms with Crippen LogP contribution in [0.4, 0.5) is 5.69 Å². The smallest absolute Gasteiger partial charge is 0.250 e. The fourth-order valence-electron chi connectivity index (χ4n) is 3.12. The number of nitrogens with one attached hydrogen (secondary N) is 3. The van der Waals surface area contributed by atoms with Gasteiger partial charge in [-0.3, -0.25) is 9.59 Å². The molecule has 0 spiro atoms. The maximum atomic E-state index is 12.9. The standard InChI is InChI=1S/C18H27N3O4/c1-19-11-8-16(22)21-18(9-4-5-10-18)17(23)20-13-6-7-14(24-2)15(12-13)25-3/h6-7,12,19H,4-5,8-11H2,1-3H3,(H,20,23)(H,21,22). The molecule has 0 aromatic heterocycles. The molecule has 1 fully saturated rings. The van der Waals surface area contributed by atoms with Crippen LogP contribution in [0.1, 0.15) is 32.1 Å². The van der Waals surface area contributed by atoms with Crippen LogP contribution in [0, 0.1) is 0 Å². The summed E-state index contributed by atoms with van der Waals surface area (Å²) in [6.07, 6.45) is 3.49. The summed E-state index contributed by atoms with van der Waals surface area (Å²) >= 11 is 0. The summed E-state index contributed by atoms with van der Waals surface area (Å²) in [5.41, 5.74) is -0.226. The van der Waals surface area contributed by atoms with Gasteiger partial charge in [-0.05, 0) is 32.0 Å². The van der Waals surface area contributed by atoms with Crippen LogP contribution in [0.2, 0.25) is 0 Å². The van der Waals surface area contributed by atoms with E-state index in [1.54, 1.807) is 39.5 Å². The zero-order valence-corrected chi connectivity index (χ0v) is 15.1. The first kappa shape index (κ1) is 19.1. The molecule has 0 aliphatic heterocycles. The molecule has 0 unspecified atom stereocenters. The molecule has 1 saturated carbocycles. The minimum atomic E-state index is -0.835. The Labute approximate surface area is 148 Å².